The summed E-state index contributed by atoms with van der Waals surface area (Å²) in [6, 6.07) is 8.79. The highest BCUT2D eigenvalue weighted by Gasteiger charge is 2.44. The molecular formula is C22H29NO6S2. The molecule has 2 aliphatic rings. The van der Waals surface area contributed by atoms with Crippen LogP contribution in [0.1, 0.15) is 46.1 Å². The first-order chi connectivity index (χ1) is 14.2. The van der Waals surface area contributed by atoms with Gasteiger partial charge in [0, 0.05) is 11.4 Å². The minimum atomic E-state index is -3.86. The van der Waals surface area contributed by atoms with Crippen LogP contribution in [-0.2, 0) is 29.2 Å². The molecule has 3 rings (SSSR count). The lowest BCUT2D eigenvalue weighted by atomic mass is 9.86. The molecule has 0 radical (unpaired) electrons. The summed E-state index contributed by atoms with van der Waals surface area (Å²) < 4.78 is 57.9. The second-order valence-electron chi connectivity index (χ2n) is 9.29. The van der Waals surface area contributed by atoms with Gasteiger partial charge in [0.2, 0.25) is 0 Å². The summed E-state index contributed by atoms with van der Waals surface area (Å²) in [4.78, 5) is 13.1. The summed E-state index contributed by atoms with van der Waals surface area (Å²) in [5.41, 5.74) is 0.490. The third-order valence-electron chi connectivity index (χ3n) is 5.08. The van der Waals surface area contributed by atoms with Crippen molar-refractivity contribution in [2.45, 2.75) is 46.1 Å². The zero-order chi connectivity index (χ0) is 23.2. The van der Waals surface area contributed by atoms with Crippen molar-refractivity contribution in [3.63, 3.8) is 0 Å². The van der Waals surface area contributed by atoms with E-state index in [2.05, 4.69) is 5.32 Å². The van der Waals surface area contributed by atoms with Gasteiger partial charge < -0.3 is 10.1 Å². The molecule has 1 aromatic rings. The van der Waals surface area contributed by atoms with E-state index in [1.54, 1.807) is 65.0 Å². The van der Waals surface area contributed by atoms with Crippen molar-refractivity contribution in [3.05, 3.63) is 57.8 Å². The first-order valence-corrected chi connectivity index (χ1v) is 13.6. The molecule has 170 valence electrons. The minimum absolute atomic E-state index is 0.0553. The van der Waals surface area contributed by atoms with E-state index in [4.69, 9.17) is 4.74 Å². The van der Waals surface area contributed by atoms with Crippen LogP contribution in [0.3, 0.4) is 0 Å². The van der Waals surface area contributed by atoms with Crippen LogP contribution in [0.5, 0.6) is 0 Å². The maximum atomic E-state index is 13.5. The second kappa shape index (κ2) is 8.09. The molecule has 9 heteroatoms. The predicted molar refractivity (Wildman–Crippen MR) is 119 cm³/mol. The van der Waals surface area contributed by atoms with Crippen LogP contribution < -0.4 is 5.32 Å². The van der Waals surface area contributed by atoms with E-state index < -0.39 is 48.8 Å². The van der Waals surface area contributed by atoms with Gasteiger partial charge in [-0.1, -0.05) is 37.3 Å². The number of rotatable bonds is 2. The molecule has 0 aliphatic carbocycles. The number of allylic oxidation sites excluding steroid dienone is 2. The quantitative estimate of drug-likeness (QED) is 0.667. The topological polar surface area (TPSA) is 107 Å². The Kier molecular flexibility index (Phi) is 6.14. The number of hydrogen-bond donors (Lipinski definition) is 1. The Balaban J connectivity index is 2.28. The van der Waals surface area contributed by atoms with Crippen LogP contribution in [0.4, 0.5) is 0 Å². The summed E-state index contributed by atoms with van der Waals surface area (Å²) in [5, 5.41) is 2.93. The SMILES string of the molecule is CC1=C(C(=O)OC(C)(C)C)C(c2ccccc2)C2=C(CS(=O)(=O)CC(C)CS2(=O)=O)N1. The van der Waals surface area contributed by atoms with Crippen LogP contribution in [0.2, 0.25) is 0 Å². The standard InChI is InChI=1S/C22H29NO6S2/c1-14-11-30(25,26)13-17-20(31(27,28)12-14)19(16-9-7-6-8-10-16)18(15(2)23-17)21(24)29-22(3,4)5/h6-10,14,19,23H,11-13H2,1-5H3. The molecule has 1 N–H and O–H groups in total. The number of sulfone groups is 2. The summed E-state index contributed by atoms with van der Waals surface area (Å²) >= 11 is 0. The van der Waals surface area contributed by atoms with E-state index >= 15 is 0 Å². The molecule has 0 amide bonds. The van der Waals surface area contributed by atoms with E-state index in [0.717, 1.165) is 0 Å². The Morgan fingerprint density at radius 1 is 1.06 bits per heavy atom. The molecule has 2 unspecified atom stereocenters. The summed E-state index contributed by atoms with van der Waals surface area (Å²) in [5.74, 6) is -3.07. The van der Waals surface area contributed by atoms with Gasteiger partial charge in [-0.05, 0) is 39.2 Å². The number of dihydropyridines is 1. The van der Waals surface area contributed by atoms with E-state index in [1.807, 2.05) is 0 Å². The van der Waals surface area contributed by atoms with Crippen LogP contribution in [0.25, 0.3) is 0 Å². The zero-order valence-corrected chi connectivity index (χ0v) is 20.1. The molecule has 0 fully saturated rings. The van der Waals surface area contributed by atoms with Crippen LogP contribution in [0, 0.1) is 5.92 Å². The fourth-order valence-corrected chi connectivity index (χ4v) is 8.31. The third kappa shape index (κ3) is 5.20. The molecule has 0 aromatic heterocycles. The largest absolute Gasteiger partial charge is 0.457 e. The maximum Gasteiger partial charge on any atom is 0.337 e. The Morgan fingerprint density at radius 3 is 2.26 bits per heavy atom. The molecule has 0 saturated carbocycles. The third-order valence-corrected chi connectivity index (χ3v) is 9.05. The number of ether oxygens (including phenoxy) is 1. The highest BCUT2D eigenvalue weighted by atomic mass is 32.2. The normalized spacial score (nSPS) is 25.7. The Hall–Kier alpha value is -2.13. The highest BCUT2D eigenvalue weighted by Crippen LogP contribution is 2.43. The van der Waals surface area contributed by atoms with Crippen molar-refractivity contribution in [2.75, 3.05) is 17.3 Å². The second-order valence-corrected chi connectivity index (χ2v) is 13.4. The monoisotopic (exact) mass is 467 g/mol. The molecule has 0 bridgehead atoms. The lowest BCUT2D eigenvalue weighted by Gasteiger charge is -2.35. The molecule has 2 aliphatic heterocycles. The molecule has 0 saturated heterocycles. The number of hydrogen-bond acceptors (Lipinski definition) is 7. The minimum Gasteiger partial charge on any atom is -0.457 e. The first kappa shape index (κ1) is 23.5. The Bertz CT molecular complexity index is 1160. The van der Waals surface area contributed by atoms with E-state index in [1.165, 1.54) is 0 Å². The number of benzene rings is 1. The summed E-state index contributed by atoms with van der Waals surface area (Å²) in [7, 11) is -7.39. The van der Waals surface area contributed by atoms with Crippen molar-refractivity contribution in [1.82, 2.24) is 5.32 Å². The maximum absolute atomic E-state index is 13.5. The number of nitrogens with one attached hydrogen (secondary N) is 1. The van der Waals surface area contributed by atoms with E-state index in [0.29, 0.717) is 11.3 Å². The Morgan fingerprint density at radius 2 is 1.68 bits per heavy atom. The van der Waals surface area contributed by atoms with Gasteiger partial charge in [0.25, 0.3) is 0 Å². The lowest BCUT2D eigenvalue weighted by molar-refractivity contribution is -0.150. The number of carbonyl (C=O) groups excluding carboxylic acids is 1. The van der Waals surface area contributed by atoms with Gasteiger partial charge in [-0.15, -0.1) is 0 Å². The van der Waals surface area contributed by atoms with Crippen molar-refractivity contribution in [1.29, 1.82) is 0 Å². The Labute approximate surface area is 184 Å². The van der Waals surface area contributed by atoms with Crippen molar-refractivity contribution >= 4 is 25.6 Å². The molecule has 7 nitrogen and oxygen atoms in total. The smallest absolute Gasteiger partial charge is 0.337 e. The lowest BCUT2D eigenvalue weighted by Crippen LogP contribution is -2.40. The van der Waals surface area contributed by atoms with Gasteiger partial charge in [-0.25, -0.2) is 21.6 Å². The number of carbonyl (C=O) groups is 1. The van der Waals surface area contributed by atoms with Crippen molar-refractivity contribution < 1.29 is 26.4 Å². The average Bonchev–Trinajstić information content (AvgIpc) is 2.57. The van der Waals surface area contributed by atoms with Gasteiger partial charge in [0.15, 0.2) is 19.7 Å². The van der Waals surface area contributed by atoms with Gasteiger partial charge in [-0.3, -0.25) is 0 Å². The van der Waals surface area contributed by atoms with E-state index in [9.17, 15) is 21.6 Å². The molecular weight excluding hydrogens is 438 g/mol. The van der Waals surface area contributed by atoms with Crippen LogP contribution >= 0.6 is 0 Å². The molecule has 31 heavy (non-hydrogen) atoms. The summed E-state index contributed by atoms with van der Waals surface area (Å²) in [6.45, 7) is 8.46. The van der Waals surface area contributed by atoms with Crippen LogP contribution in [-0.4, -0.2) is 45.7 Å². The van der Waals surface area contributed by atoms with Crippen LogP contribution in [0.15, 0.2) is 52.2 Å². The fourth-order valence-electron chi connectivity index (χ4n) is 4.14. The molecule has 1 aromatic carbocycles. The summed E-state index contributed by atoms with van der Waals surface area (Å²) in [6.07, 6.45) is 0. The van der Waals surface area contributed by atoms with Gasteiger partial charge >= 0.3 is 5.97 Å². The highest BCUT2D eigenvalue weighted by molar-refractivity contribution is 7.96. The fraction of sp³-hybridized carbons (Fsp3) is 0.500. The first-order valence-electron chi connectivity index (χ1n) is 10.1. The average molecular weight is 468 g/mol. The van der Waals surface area contributed by atoms with Gasteiger partial charge in [-0.2, -0.15) is 0 Å². The zero-order valence-electron chi connectivity index (χ0n) is 18.4. The molecule has 2 atom stereocenters. The van der Waals surface area contributed by atoms with Gasteiger partial charge in [0.05, 0.1) is 33.7 Å². The van der Waals surface area contributed by atoms with Crippen molar-refractivity contribution in [2.24, 2.45) is 5.92 Å². The molecule has 0 spiro atoms. The van der Waals surface area contributed by atoms with Gasteiger partial charge in [0.1, 0.15) is 5.60 Å². The number of esters is 1. The van der Waals surface area contributed by atoms with Crippen molar-refractivity contribution in [3.8, 4) is 0 Å². The van der Waals surface area contributed by atoms with E-state index in [-0.39, 0.29) is 27.7 Å². The predicted octanol–water partition coefficient (Wildman–Crippen LogP) is 2.68. The molecule has 2 heterocycles.